The predicted octanol–water partition coefficient (Wildman–Crippen LogP) is 0.889. The molecule has 1 saturated carbocycles. The lowest BCUT2D eigenvalue weighted by Gasteiger charge is -2.16. The molecule has 78 valence electrons. The number of rotatable bonds is 4. The molecule has 0 radical (unpaired) electrons. The van der Waals surface area contributed by atoms with Crippen LogP contribution in [0.15, 0.2) is 6.20 Å². The smallest absolute Gasteiger partial charge is 0.101 e. The van der Waals surface area contributed by atoms with E-state index in [4.69, 9.17) is 5.84 Å². The fraction of sp³-hybridized carbons (Fsp3) is 0.778. The molecule has 0 aliphatic heterocycles. The van der Waals surface area contributed by atoms with Crippen molar-refractivity contribution in [2.24, 2.45) is 11.8 Å². The lowest BCUT2D eigenvalue weighted by atomic mass is 9.97. The van der Waals surface area contributed by atoms with Crippen LogP contribution in [0.5, 0.6) is 0 Å². The summed E-state index contributed by atoms with van der Waals surface area (Å²) in [4.78, 5) is 0. The second-order valence-electron chi connectivity index (χ2n) is 4.00. The van der Waals surface area contributed by atoms with Crippen molar-refractivity contribution in [1.82, 2.24) is 20.8 Å². The summed E-state index contributed by atoms with van der Waals surface area (Å²) in [6.07, 6.45) is 8.19. The van der Waals surface area contributed by atoms with Gasteiger partial charge in [0.25, 0.3) is 0 Å². The fourth-order valence-corrected chi connectivity index (χ4v) is 2.23. The van der Waals surface area contributed by atoms with Gasteiger partial charge in [0.15, 0.2) is 0 Å². The third-order valence-electron chi connectivity index (χ3n) is 3.04. The van der Waals surface area contributed by atoms with Crippen LogP contribution in [0.2, 0.25) is 0 Å². The van der Waals surface area contributed by atoms with Crippen LogP contribution < -0.4 is 11.3 Å². The van der Waals surface area contributed by atoms with Gasteiger partial charge in [-0.25, -0.2) is 0 Å². The monoisotopic (exact) mass is 195 g/mol. The molecule has 0 bridgehead atoms. The number of hydrazine groups is 1. The van der Waals surface area contributed by atoms with Crippen LogP contribution in [0.1, 0.15) is 43.8 Å². The number of H-pyrrole nitrogens is 1. The molecule has 5 heteroatoms. The van der Waals surface area contributed by atoms with Gasteiger partial charge in [0.1, 0.15) is 5.69 Å². The van der Waals surface area contributed by atoms with Gasteiger partial charge >= 0.3 is 0 Å². The van der Waals surface area contributed by atoms with Crippen LogP contribution in [0, 0.1) is 5.92 Å². The van der Waals surface area contributed by atoms with Gasteiger partial charge in [-0.3, -0.25) is 11.3 Å². The lowest BCUT2D eigenvalue weighted by molar-refractivity contribution is 0.394. The first kappa shape index (κ1) is 9.61. The summed E-state index contributed by atoms with van der Waals surface area (Å²) in [7, 11) is 0. The summed E-state index contributed by atoms with van der Waals surface area (Å²) in [5, 5.41) is 10.5. The highest BCUT2D eigenvalue weighted by molar-refractivity contribution is 4.99. The maximum Gasteiger partial charge on any atom is 0.101 e. The van der Waals surface area contributed by atoms with E-state index in [0.717, 1.165) is 18.0 Å². The number of nitrogens with one attached hydrogen (secondary N) is 2. The molecule has 1 aromatic rings. The van der Waals surface area contributed by atoms with Crippen LogP contribution in [0.3, 0.4) is 0 Å². The molecule has 5 nitrogen and oxygen atoms in total. The van der Waals surface area contributed by atoms with Gasteiger partial charge in [-0.2, -0.15) is 15.4 Å². The van der Waals surface area contributed by atoms with Gasteiger partial charge in [-0.05, 0) is 12.3 Å². The van der Waals surface area contributed by atoms with Crippen molar-refractivity contribution in [2.45, 2.75) is 38.1 Å². The summed E-state index contributed by atoms with van der Waals surface area (Å²) in [6.45, 7) is 0. The standard InChI is InChI=1S/C9H17N5/c10-12-8(9-6-11-14-13-9)5-7-3-1-2-4-7/h6-8,12H,1-5,10H2,(H,11,13,14). The Morgan fingerprint density at radius 3 is 2.93 bits per heavy atom. The lowest BCUT2D eigenvalue weighted by Crippen LogP contribution is -2.29. The van der Waals surface area contributed by atoms with Crippen LogP contribution in [-0.4, -0.2) is 15.4 Å². The van der Waals surface area contributed by atoms with Crippen molar-refractivity contribution in [3.05, 3.63) is 11.9 Å². The zero-order valence-corrected chi connectivity index (χ0v) is 8.24. The molecule has 14 heavy (non-hydrogen) atoms. The molecular weight excluding hydrogens is 178 g/mol. The van der Waals surface area contributed by atoms with E-state index < -0.39 is 0 Å². The third-order valence-corrected chi connectivity index (χ3v) is 3.04. The van der Waals surface area contributed by atoms with Crippen molar-refractivity contribution < 1.29 is 0 Å². The maximum absolute atomic E-state index is 5.51. The Balaban J connectivity index is 1.93. The number of aromatic amines is 1. The van der Waals surface area contributed by atoms with Gasteiger partial charge < -0.3 is 0 Å². The fourth-order valence-electron chi connectivity index (χ4n) is 2.23. The second kappa shape index (κ2) is 4.52. The van der Waals surface area contributed by atoms with Gasteiger partial charge in [-0.1, -0.05) is 25.7 Å². The van der Waals surface area contributed by atoms with Crippen molar-refractivity contribution in [1.29, 1.82) is 0 Å². The average Bonchev–Trinajstić information content (AvgIpc) is 2.86. The van der Waals surface area contributed by atoms with Gasteiger partial charge in [0.2, 0.25) is 0 Å². The number of aromatic nitrogens is 3. The number of hydrogen-bond acceptors (Lipinski definition) is 4. The molecule has 0 saturated heterocycles. The Hall–Kier alpha value is -0.940. The number of hydrogen-bond donors (Lipinski definition) is 3. The zero-order chi connectivity index (χ0) is 9.80. The number of nitrogens with zero attached hydrogens (tertiary/aromatic N) is 2. The van der Waals surface area contributed by atoms with E-state index in [1.165, 1.54) is 25.7 Å². The minimum absolute atomic E-state index is 0.150. The highest BCUT2D eigenvalue weighted by Gasteiger charge is 2.21. The maximum atomic E-state index is 5.51. The molecular formula is C9H17N5. The first-order chi connectivity index (χ1) is 6.90. The summed E-state index contributed by atoms with van der Waals surface area (Å²) < 4.78 is 0. The largest absolute Gasteiger partial charge is 0.271 e. The normalized spacial score (nSPS) is 20.1. The molecule has 1 heterocycles. The summed E-state index contributed by atoms with van der Waals surface area (Å²) >= 11 is 0. The molecule has 1 aliphatic carbocycles. The molecule has 4 N–H and O–H groups in total. The molecule has 2 rings (SSSR count). The Labute approximate surface area is 83.4 Å². The topological polar surface area (TPSA) is 79.6 Å². The molecule has 0 aromatic carbocycles. The average molecular weight is 195 g/mol. The van der Waals surface area contributed by atoms with Crippen molar-refractivity contribution in [2.75, 3.05) is 0 Å². The number of nitrogens with two attached hydrogens (primary N) is 1. The summed E-state index contributed by atoms with van der Waals surface area (Å²) in [5.41, 5.74) is 3.72. The van der Waals surface area contributed by atoms with Gasteiger partial charge in [0.05, 0.1) is 12.2 Å². The highest BCUT2D eigenvalue weighted by atomic mass is 15.3. The van der Waals surface area contributed by atoms with E-state index in [1.807, 2.05) is 0 Å². The van der Waals surface area contributed by atoms with Crippen LogP contribution in [0.25, 0.3) is 0 Å². The molecule has 0 amide bonds. The van der Waals surface area contributed by atoms with Crippen LogP contribution in [0.4, 0.5) is 0 Å². The highest BCUT2D eigenvalue weighted by Crippen LogP contribution is 2.31. The SMILES string of the molecule is NNC(CC1CCCC1)c1cn[nH]n1. The molecule has 1 atom stereocenters. The van der Waals surface area contributed by atoms with E-state index in [0.29, 0.717) is 0 Å². The second-order valence-corrected chi connectivity index (χ2v) is 4.00. The Morgan fingerprint density at radius 2 is 2.36 bits per heavy atom. The Kier molecular flexibility index (Phi) is 3.10. The first-order valence-electron chi connectivity index (χ1n) is 5.22. The van der Waals surface area contributed by atoms with E-state index >= 15 is 0 Å². The molecule has 1 unspecified atom stereocenters. The summed E-state index contributed by atoms with van der Waals surface area (Å²) in [6, 6.07) is 0.150. The van der Waals surface area contributed by atoms with Gasteiger partial charge in [0, 0.05) is 0 Å². The molecule has 1 aliphatic rings. The Morgan fingerprint density at radius 1 is 1.57 bits per heavy atom. The van der Waals surface area contributed by atoms with E-state index in [1.54, 1.807) is 6.20 Å². The van der Waals surface area contributed by atoms with E-state index in [-0.39, 0.29) is 6.04 Å². The van der Waals surface area contributed by atoms with Crippen molar-refractivity contribution >= 4 is 0 Å². The quantitative estimate of drug-likeness (QED) is 0.492. The Bertz CT molecular complexity index is 252. The minimum atomic E-state index is 0.150. The van der Waals surface area contributed by atoms with Crippen molar-refractivity contribution in [3.8, 4) is 0 Å². The molecule has 1 aromatic heterocycles. The van der Waals surface area contributed by atoms with E-state index in [9.17, 15) is 0 Å². The summed E-state index contributed by atoms with van der Waals surface area (Å²) in [5.74, 6) is 6.31. The predicted molar refractivity (Wildman–Crippen MR) is 53.0 cm³/mol. The van der Waals surface area contributed by atoms with Crippen molar-refractivity contribution in [3.63, 3.8) is 0 Å². The first-order valence-corrected chi connectivity index (χ1v) is 5.22. The minimum Gasteiger partial charge on any atom is -0.271 e. The van der Waals surface area contributed by atoms with E-state index in [2.05, 4.69) is 20.8 Å². The zero-order valence-electron chi connectivity index (χ0n) is 8.24. The molecule has 1 fully saturated rings. The molecule has 0 spiro atoms. The third kappa shape index (κ3) is 2.10. The van der Waals surface area contributed by atoms with Crippen LogP contribution in [-0.2, 0) is 0 Å². The van der Waals surface area contributed by atoms with Gasteiger partial charge in [-0.15, -0.1) is 0 Å². The van der Waals surface area contributed by atoms with Crippen LogP contribution >= 0.6 is 0 Å².